The standard InChI is InChI=1S/C18H19N3O4/c22-18(21-6-1-7-21)20-10-13-4-5-19-17(9-13)23-11-14-2-3-15-16(8-14)25-12-24-15/h2-5,8-9H,1,6-7,10-12H2,(H,20,22). The lowest BCUT2D eigenvalue weighted by molar-refractivity contribution is 0.167. The van der Waals surface area contributed by atoms with Crippen molar-refractivity contribution < 1.29 is 19.0 Å². The van der Waals surface area contributed by atoms with Crippen LogP contribution < -0.4 is 19.5 Å². The lowest BCUT2D eigenvalue weighted by Gasteiger charge is -2.30. The molecule has 7 nitrogen and oxygen atoms in total. The predicted octanol–water partition coefficient (Wildman–Crippen LogP) is 2.30. The van der Waals surface area contributed by atoms with Crippen LogP contribution in [0.4, 0.5) is 4.79 Å². The van der Waals surface area contributed by atoms with Crippen LogP contribution in [0.1, 0.15) is 17.5 Å². The number of rotatable bonds is 5. The molecule has 2 aliphatic heterocycles. The maximum atomic E-state index is 11.8. The van der Waals surface area contributed by atoms with E-state index in [9.17, 15) is 4.79 Å². The first kappa shape index (κ1) is 15.6. The minimum Gasteiger partial charge on any atom is -0.473 e. The fourth-order valence-electron chi connectivity index (χ4n) is 2.64. The van der Waals surface area contributed by atoms with E-state index in [1.165, 1.54) is 0 Å². The van der Waals surface area contributed by atoms with Gasteiger partial charge >= 0.3 is 6.03 Å². The van der Waals surface area contributed by atoms with E-state index in [0.717, 1.165) is 42.1 Å². The summed E-state index contributed by atoms with van der Waals surface area (Å²) in [5.74, 6) is 2.01. The summed E-state index contributed by atoms with van der Waals surface area (Å²) in [4.78, 5) is 17.8. The second kappa shape index (κ2) is 6.88. The highest BCUT2D eigenvalue weighted by molar-refractivity contribution is 5.74. The molecule has 1 saturated heterocycles. The van der Waals surface area contributed by atoms with Gasteiger partial charge in [-0.2, -0.15) is 0 Å². The first-order valence-corrected chi connectivity index (χ1v) is 8.27. The molecule has 2 amide bonds. The highest BCUT2D eigenvalue weighted by atomic mass is 16.7. The van der Waals surface area contributed by atoms with Crippen molar-refractivity contribution in [1.29, 1.82) is 0 Å². The van der Waals surface area contributed by atoms with E-state index in [1.807, 2.05) is 30.3 Å². The number of carbonyl (C=O) groups is 1. The lowest BCUT2D eigenvalue weighted by atomic mass is 10.2. The van der Waals surface area contributed by atoms with E-state index < -0.39 is 0 Å². The van der Waals surface area contributed by atoms with Crippen molar-refractivity contribution in [3.63, 3.8) is 0 Å². The number of nitrogens with zero attached hydrogens (tertiary/aromatic N) is 2. The molecule has 2 aromatic rings. The normalized spacial score (nSPS) is 14.8. The van der Waals surface area contributed by atoms with Crippen LogP contribution in [0.25, 0.3) is 0 Å². The van der Waals surface area contributed by atoms with Crippen LogP contribution in [0, 0.1) is 0 Å². The van der Waals surface area contributed by atoms with Crippen molar-refractivity contribution in [1.82, 2.24) is 15.2 Å². The number of aromatic nitrogens is 1. The number of amides is 2. The van der Waals surface area contributed by atoms with Crippen molar-refractivity contribution in [2.45, 2.75) is 19.6 Å². The maximum Gasteiger partial charge on any atom is 0.317 e. The number of urea groups is 1. The molecule has 25 heavy (non-hydrogen) atoms. The second-order valence-corrected chi connectivity index (χ2v) is 5.98. The van der Waals surface area contributed by atoms with Crippen LogP contribution in [0.2, 0.25) is 0 Å². The van der Waals surface area contributed by atoms with Crippen LogP contribution in [0.15, 0.2) is 36.5 Å². The Hall–Kier alpha value is -2.96. The van der Waals surface area contributed by atoms with Crippen LogP contribution in [0.5, 0.6) is 17.4 Å². The molecule has 0 aliphatic carbocycles. The molecule has 4 rings (SSSR count). The Morgan fingerprint density at radius 3 is 2.88 bits per heavy atom. The Labute approximate surface area is 145 Å². The van der Waals surface area contributed by atoms with E-state index >= 15 is 0 Å². The van der Waals surface area contributed by atoms with Gasteiger partial charge in [-0.3, -0.25) is 0 Å². The van der Waals surface area contributed by atoms with E-state index in [1.54, 1.807) is 11.1 Å². The molecule has 1 aromatic heterocycles. The number of pyridine rings is 1. The third kappa shape index (κ3) is 3.60. The van der Waals surface area contributed by atoms with Gasteiger partial charge in [-0.05, 0) is 35.7 Å². The Morgan fingerprint density at radius 2 is 2.04 bits per heavy atom. The number of hydrogen-bond acceptors (Lipinski definition) is 5. The molecule has 2 aliphatic rings. The van der Waals surface area contributed by atoms with Crippen molar-refractivity contribution in [2.24, 2.45) is 0 Å². The smallest absolute Gasteiger partial charge is 0.317 e. The van der Waals surface area contributed by atoms with Gasteiger partial charge in [0.2, 0.25) is 12.7 Å². The van der Waals surface area contributed by atoms with Crippen LogP contribution >= 0.6 is 0 Å². The van der Waals surface area contributed by atoms with Crippen LogP contribution in [0.3, 0.4) is 0 Å². The zero-order valence-corrected chi connectivity index (χ0v) is 13.7. The fraction of sp³-hybridized carbons (Fsp3) is 0.333. The molecule has 1 N–H and O–H groups in total. The molecule has 3 heterocycles. The van der Waals surface area contributed by atoms with Gasteiger partial charge in [-0.15, -0.1) is 0 Å². The van der Waals surface area contributed by atoms with Crippen molar-refractivity contribution in [3.8, 4) is 17.4 Å². The Balaban J connectivity index is 1.32. The summed E-state index contributed by atoms with van der Waals surface area (Å²) >= 11 is 0. The molecule has 1 aromatic carbocycles. The fourth-order valence-corrected chi connectivity index (χ4v) is 2.64. The van der Waals surface area contributed by atoms with Gasteiger partial charge in [0.05, 0.1) is 0 Å². The van der Waals surface area contributed by atoms with Crippen LogP contribution in [-0.2, 0) is 13.2 Å². The van der Waals surface area contributed by atoms with E-state index in [2.05, 4.69) is 10.3 Å². The van der Waals surface area contributed by atoms with Gasteiger partial charge in [0, 0.05) is 31.9 Å². The Kier molecular flexibility index (Phi) is 4.28. The zero-order chi connectivity index (χ0) is 17.1. The van der Waals surface area contributed by atoms with Crippen LogP contribution in [-0.4, -0.2) is 35.8 Å². The van der Waals surface area contributed by atoms with Crippen molar-refractivity contribution in [2.75, 3.05) is 19.9 Å². The zero-order valence-electron chi connectivity index (χ0n) is 13.7. The summed E-state index contributed by atoms with van der Waals surface area (Å²) in [6.45, 7) is 2.77. The third-order valence-corrected chi connectivity index (χ3v) is 4.21. The number of nitrogens with one attached hydrogen (secondary N) is 1. The number of fused-ring (bicyclic) bond motifs is 1. The molecule has 130 valence electrons. The van der Waals surface area contributed by atoms with E-state index in [4.69, 9.17) is 14.2 Å². The average Bonchev–Trinajstić information content (AvgIpc) is 3.05. The topological polar surface area (TPSA) is 72.9 Å². The monoisotopic (exact) mass is 341 g/mol. The minimum absolute atomic E-state index is 0.0223. The number of ether oxygens (including phenoxy) is 3. The molecule has 0 atom stereocenters. The minimum atomic E-state index is -0.0223. The number of likely N-dealkylation sites (tertiary alicyclic amines) is 1. The van der Waals surface area contributed by atoms with E-state index in [0.29, 0.717) is 19.0 Å². The number of benzene rings is 1. The molecule has 1 fully saturated rings. The molecule has 7 heteroatoms. The van der Waals surface area contributed by atoms with Gasteiger partial charge in [-0.25, -0.2) is 9.78 Å². The first-order chi connectivity index (χ1) is 12.3. The van der Waals surface area contributed by atoms with Gasteiger partial charge in [0.1, 0.15) is 6.61 Å². The van der Waals surface area contributed by atoms with Gasteiger partial charge in [0.25, 0.3) is 0 Å². The highest BCUT2D eigenvalue weighted by Crippen LogP contribution is 2.32. The summed E-state index contributed by atoms with van der Waals surface area (Å²) in [6.07, 6.45) is 2.76. The molecule has 0 spiro atoms. The predicted molar refractivity (Wildman–Crippen MR) is 89.6 cm³/mol. The van der Waals surface area contributed by atoms with Gasteiger partial charge < -0.3 is 24.4 Å². The quantitative estimate of drug-likeness (QED) is 0.903. The van der Waals surface area contributed by atoms with E-state index in [-0.39, 0.29) is 12.8 Å². The molecule has 0 bridgehead atoms. The summed E-state index contributed by atoms with van der Waals surface area (Å²) in [7, 11) is 0. The number of carbonyl (C=O) groups excluding carboxylic acids is 1. The second-order valence-electron chi connectivity index (χ2n) is 5.98. The maximum absolute atomic E-state index is 11.8. The summed E-state index contributed by atoms with van der Waals surface area (Å²) in [6, 6.07) is 9.39. The van der Waals surface area contributed by atoms with Crippen molar-refractivity contribution >= 4 is 6.03 Å². The summed E-state index contributed by atoms with van der Waals surface area (Å²) < 4.78 is 16.4. The van der Waals surface area contributed by atoms with Crippen molar-refractivity contribution in [3.05, 3.63) is 47.7 Å². The molecular weight excluding hydrogens is 322 g/mol. The highest BCUT2D eigenvalue weighted by Gasteiger charge is 2.19. The number of hydrogen-bond donors (Lipinski definition) is 1. The molecule has 0 unspecified atom stereocenters. The largest absolute Gasteiger partial charge is 0.473 e. The average molecular weight is 341 g/mol. The first-order valence-electron chi connectivity index (χ1n) is 8.27. The SMILES string of the molecule is O=C(NCc1ccnc(OCc2ccc3c(c2)OCO3)c1)N1CCC1. The Morgan fingerprint density at radius 1 is 1.16 bits per heavy atom. The summed E-state index contributed by atoms with van der Waals surface area (Å²) in [5.41, 5.74) is 1.92. The Bertz CT molecular complexity index is 777. The molecule has 0 saturated carbocycles. The molecular formula is C18H19N3O4. The third-order valence-electron chi connectivity index (χ3n) is 4.21. The van der Waals surface area contributed by atoms with Gasteiger partial charge in [0.15, 0.2) is 11.5 Å². The lowest BCUT2D eigenvalue weighted by Crippen LogP contribution is -2.47. The van der Waals surface area contributed by atoms with Gasteiger partial charge in [-0.1, -0.05) is 6.07 Å². The summed E-state index contributed by atoms with van der Waals surface area (Å²) in [5, 5.41) is 2.90. The molecule has 0 radical (unpaired) electrons.